The first-order chi connectivity index (χ1) is 8.99. The van der Waals surface area contributed by atoms with Gasteiger partial charge in [-0.25, -0.2) is 0 Å². The second-order valence-electron chi connectivity index (χ2n) is 3.76. The summed E-state index contributed by atoms with van der Waals surface area (Å²) in [5, 5.41) is 14.3. The number of benzene rings is 2. The van der Waals surface area contributed by atoms with Crippen LogP contribution in [0, 0.1) is 10.1 Å². The minimum absolute atomic E-state index is 0.0509. The maximum absolute atomic E-state index is 11.0. The lowest BCUT2D eigenvalue weighted by Crippen LogP contribution is -1.99. The molecule has 0 unspecified atom stereocenters. The number of hydrogen-bond acceptors (Lipinski definition) is 4. The first kappa shape index (κ1) is 13.5. The van der Waals surface area contributed by atoms with Crippen molar-refractivity contribution in [1.82, 2.24) is 0 Å². The molecule has 0 radical (unpaired) electrons. The van der Waals surface area contributed by atoms with Crippen molar-refractivity contribution in [2.24, 2.45) is 0 Å². The molecule has 0 aliphatic heterocycles. The average molecular weight is 298 g/mol. The van der Waals surface area contributed by atoms with E-state index in [4.69, 9.17) is 28.9 Å². The van der Waals surface area contributed by atoms with E-state index in [9.17, 15) is 10.1 Å². The summed E-state index contributed by atoms with van der Waals surface area (Å²) in [6.07, 6.45) is 0. The summed E-state index contributed by atoms with van der Waals surface area (Å²) in [5.74, 6) is 0. The quantitative estimate of drug-likeness (QED) is 0.505. The monoisotopic (exact) mass is 297 g/mol. The third-order valence-corrected chi connectivity index (χ3v) is 3.06. The van der Waals surface area contributed by atoms with Crippen LogP contribution in [0.3, 0.4) is 0 Å². The minimum Gasteiger partial charge on any atom is -0.399 e. The highest BCUT2D eigenvalue weighted by Gasteiger charge is 2.18. The fourth-order valence-corrected chi connectivity index (χ4v) is 1.99. The number of nitrogen functional groups attached to an aromatic ring is 1. The van der Waals surface area contributed by atoms with E-state index >= 15 is 0 Å². The summed E-state index contributed by atoms with van der Waals surface area (Å²) >= 11 is 11.8. The van der Waals surface area contributed by atoms with Crippen LogP contribution in [0.5, 0.6) is 0 Å². The second-order valence-corrected chi connectivity index (χ2v) is 4.57. The molecule has 98 valence electrons. The van der Waals surface area contributed by atoms with Gasteiger partial charge in [-0.15, -0.1) is 0 Å². The molecular formula is C12H9Cl2N3O2. The predicted molar refractivity (Wildman–Crippen MR) is 77.3 cm³/mol. The molecule has 0 aliphatic rings. The first-order valence-corrected chi connectivity index (χ1v) is 5.99. The number of nitro groups is 1. The van der Waals surface area contributed by atoms with E-state index in [-0.39, 0.29) is 16.4 Å². The Kier molecular flexibility index (Phi) is 3.78. The molecule has 0 spiro atoms. The van der Waals surface area contributed by atoms with Gasteiger partial charge in [0.15, 0.2) is 0 Å². The summed E-state index contributed by atoms with van der Waals surface area (Å²) in [7, 11) is 0. The Balaban J connectivity index is 2.46. The molecule has 3 N–H and O–H groups in total. The summed E-state index contributed by atoms with van der Waals surface area (Å²) in [6, 6.07) is 9.44. The zero-order chi connectivity index (χ0) is 14.0. The third-order valence-electron chi connectivity index (χ3n) is 2.43. The molecule has 0 bridgehead atoms. The molecule has 2 aromatic rings. The Hall–Kier alpha value is -1.98. The maximum Gasteiger partial charge on any atom is 0.311 e. The van der Waals surface area contributed by atoms with Crippen LogP contribution in [0.25, 0.3) is 0 Å². The molecule has 7 heteroatoms. The molecule has 2 rings (SSSR count). The SMILES string of the molecule is Nc1ccc(Cl)c(Nc2cccc(Cl)c2[N+](=O)[O-])c1. The summed E-state index contributed by atoms with van der Waals surface area (Å²) in [6.45, 7) is 0. The zero-order valence-corrected chi connectivity index (χ0v) is 11.1. The van der Waals surface area contributed by atoms with Crippen molar-refractivity contribution < 1.29 is 4.92 Å². The van der Waals surface area contributed by atoms with E-state index in [1.807, 2.05) is 0 Å². The number of nitrogens with zero attached hydrogens (tertiary/aromatic N) is 1. The van der Waals surface area contributed by atoms with Crippen molar-refractivity contribution in [3.63, 3.8) is 0 Å². The molecule has 19 heavy (non-hydrogen) atoms. The molecule has 0 aliphatic carbocycles. The summed E-state index contributed by atoms with van der Waals surface area (Å²) in [5.41, 5.74) is 6.67. The minimum atomic E-state index is -0.551. The van der Waals surface area contributed by atoms with E-state index in [0.717, 1.165) is 0 Å². The Morgan fingerprint density at radius 3 is 2.53 bits per heavy atom. The predicted octanol–water partition coefficient (Wildman–Crippen LogP) is 4.23. The van der Waals surface area contributed by atoms with Crippen molar-refractivity contribution in [1.29, 1.82) is 0 Å². The van der Waals surface area contributed by atoms with Gasteiger partial charge in [-0.3, -0.25) is 10.1 Å². The van der Waals surface area contributed by atoms with Gasteiger partial charge in [-0.1, -0.05) is 29.3 Å². The molecule has 0 heterocycles. The van der Waals surface area contributed by atoms with E-state index < -0.39 is 4.92 Å². The van der Waals surface area contributed by atoms with E-state index in [1.54, 1.807) is 30.3 Å². The van der Waals surface area contributed by atoms with Crippen LogP contribution in [-0.2, 0) is 0 Å². The lowest BCUT2D eigenvalue weighted by Gasteiger charge is -2.10. The molecule has 2 aromatic carbocycles. The van der Waals surface area contributed by atoms with Crippen LogP contribution in [0.4, 0.5) is 22.7 Å². The van der Waals surface area contributed by atoms with Crippen LogP contribution in [0.15, 0.2) is 36.4 Å². The number of rotatable bonds is 3. The van der Waals surface area contributed by atoms with Gasteiger partial charge in [0.25, 0.3) is 0 Å². The van der Waals surface area contributed by atoms with Crippen LogP contribution in [0.2, 0.25) is 10.0 Å². The normalized spacial score (nSPS) is 10.2. The number of nitrogens with one attached hydrogen (secondary N) is 1. The van der Waals surface area contributed by atoms with Gasteiger partial charge in [0.05, 0.1) is 15.6 Å². The Morgan fingerprint density at radius 2 is 1.84 bits per heavy atom. The summed E-state index contributed by atoms with van der Waals surface area (Å²) in [4.78, 5) is 10.5. The number of hydrogen-bond donors (Lipinski definition) is 2. The Bertz CT molecular complexity index is 647. The van der Waals surface area contributed by atoms with Gasteiger partial charge >= 0.3 is 5.69 Å². The molecule has 0 fully saturated rings. The second kappa shape index (κ2) is 5.34. The van der Waals surface area contributed by atoms with Gasteiger partial charge in [-0.05, 0) is 30.3 Å². The number of halogens is 2. The largest absolute Gasteiger partial charge is 0.399 e. The lowest BCUT2D eigenvalue weighted by atomic mass is 10.2. The fraction of sp³-hybridized carbons (Fsp3) is 0. The van der Waals surface area contributed by atoms with Gasteiger partial charge in [0, 0.05) is 5.69 Å². The van der Waals surface area contributed by atoms with E-state index in [2.05, 4.69) is 5.32 Å². The third kappa shape index (κ3) is 2.89. The molecule has 0 amide bonds. The highest BCUT2D eigenvalue weighted by molar-refractivity contribution is 6.34. The van der Waals surface area contributed by atoms with Crippen LogP contribution in [0.1, 0.15) is 0 Å². The van der Waals surface area contributed by atoms with E-state index in [1.165, 1.54) is 6.07 Å². The number of nitrogens with two attached hydrogens (primary N) is 1. The standard InChI is InChI=1S/C12H9Cl2N3O2/c13-8-5-4-7(15)6-11(8)16-10-3-1-2-9(14)12(10)17(18)19/h1-6,16H,15H2. The lowest BCUT2D eigenvalue weighted by molar-refractivity contribution is -0.383. The Labute approximate surface area is 119 Å². The topological polar surface area (TPSA) is 81.2 Å². The van der Waals surface area contributed by atoms with Crippen molar-refractivity contribution in [3.8, 4) is 0 Å². The summed E-state index contributed by atoms with van der Waals surface area (Å²) < 4.78 is 0. The first-order valence-electron chi connectivity index (χ1n) is 5.24. The maximum atomic E-state index is 11.0. The number of anilines is 3. The zero-order valence-electron chi connectivity index (χ0n) is 9.56. The van der Waals surface area contributed by atoms with E-state index in [0.29, 0.717) is 16.4 Å². The molecule has 0 atom stereocenters. The van der Waals surface area contributed by atoms with Crippen LogP contribution < -0.4 is 11.1 Å². The van der Waals surface area contributed by atoms with Gasteiger partial charge in [-0.2, -0.15) is 0 Å². The van der Waals surface area contributed by atoms with Gasteiger partial charge < -0.3 is 11.1 Å². The van der Waals surface area contributed by atoms with Gasteiger partial charge in [0.1, 0.15) is 10.7 Å². The molecule has 0 saturated heterocycles. The van der Waals surface area contributed by atoms with Crippen molar-refractivity contribution >= 4 is 46.0 Å². The van der Waals surface area contributed by atoms with Crippen molar-refractivity contribution in [2.75, 3.05) is 11.1 Å². The molecule has 5 nitrogen and oxygen atoms in total. The Morgan fingerprint density at radius 1 is 1.11 bits per heavy atom. The highest BCUT2D eigenvalue weighted by Crippen LogP contribution is 2.36. The van der Waals surface area contributed by atoms with Crippen LogP contribution >= 0.6 is 23.2 Å². The molecule has 0 saturated carbocycles. The number of nitro benzene ring substituents is 1. The molecular weight excluding hydrogens is 289 g/mol. The smallest absolute Gasteiger partial charge is 0.311 e. The number of para-hydroxylation sites is 1. The van der Waals surface area contributed by atoms with Crippen molar-refractivity contribution in [2.45, 2.75) is 0 Å². The average Bonchev–Trinajstić information content (AvgIpc) is 2.33. The van der Waals surface area contributed by atoms with Crippen LogP contribution in [-0.4, -0.2) is 4.92 Å². The highest BCUT2D eigenvalue weighted by atomic mass is 35.5. The van der Waals surface area contributed by atoms with Gasteiger partial charge in [0.2, 0.25) is 0 Å². The fourth-order valence-electron chi connectivity index (χ4n) is 1.59. The van der Waals surface area contributed by atoms with Crippen molar-refractivity contribution in [3.05, 3.63) is 56.6 Å². The molecule has 0 aromatic heterocycles.